The lowest BCUT2D eigenvalue weighted by atomic mass is 10.1. The van der Waals surface area contributed by atoms with E-state index in [9.17, 15) is 4.79 Å². The molecule has 0 aliphatic carbocycles. The second-order valence-corrected chi connectivity index (χ2v) is 6.18. The van der Waals surface area contributed by atoms with Crippen molar-refractivity contribution in [3.05, 3.63) is 29.3 Å². The molecule has 22 heavy (non-hydrogen) atoms. The van der Waals surface area contributed by atoms with Crippen LogP contribution >= 0.6 is 24.0 Å². The summed E-state index contributed by atoms with van der Waals surface area (Å²) >= 11 is 6.84. The molecule has 1 aromatic rings. The largest absolute Gasteiger partial charge is 0.483 e. The van der Waals surface area contributed by atoms with Crippen molar-refractivity contribution in [2.45, 2.75) is 20.3 Å². The molecule has 0 atom stereocenters. The van der Waals surface area contributed by atoms with E-state index in [1.54, 1.807) is 11.8 Å². The van der Waals surface area contributed by atoms with E-state index in [1.165, 1.54) is 0 Å². The summed E-state index contributed by atoms with van der Waals surface area (Å²) < 4.78 is 5.56. The number of thioether (sulfide) groups is 1. The van der Waals surface area contributed by atoms with Crippen molar-refractivity contribution in [1.82, 2.24) is 16.2 Å². The monoisotopic (exact) mass is 341 g/mol. The minimum absolute atomic E-state index is 0.0617. The van der Waals surface area contributed by atoms with Gasteiger partial charge in [0, 0.05) is 6.54 Å². The summed E-state index contributed by atoms with van der Waals surface area (Å²) in [5, 5.41) is 3.42. The van der Waals surface area contributed by atoms with Gasteiger partial charge in [-0.3, -0.25) is 15.6 Å². The lowest BCUT2D eigenvalue weighted by molar-refractivity contribution is -0.123. The minimum Gasteiger partial charge on any atom is -0.483 e. The van der Waals surface area contributed by atoms with E-state index in [0.717, 1.165) is 35.6 Å². The summed E-state index contributed by atoms with van der Waals surface area (Å²) in [7, 11) is 0. The van der Waals surface area contributed by atoms with Gasteiger partial charge < -0.3 is 10.1 Å². The highest BCUT2D eigenvalue weighted by Crippen LogP contribution is 2.21. The lowest BCUT2D eigenvalue weighted by Crippen LogP contribution is -2.48. The molecule has 5 nitrogen and oxygen atoms in total. The van der Waals surface area contributed by atoms with Crippen molar-refractivity contribution in [1.29, 1.82) is 0 Å². The third-order valence-electron chi connectivity index (χ3n) is 2.88. The maximum atomic E-state index is 11.7. The molecular weight excluding hydrogens is 318 g/mol. The zero-order valence-electron chi connectivity index (χ0n) is 13.2. The molecule has 0 aliphatic heterocycles. The molecule has 1 aromatic carbocycles. The Labute approximate surface area is 141 Å². The summed E-state index contributed by atoms with van der Waals surface area (Å²) in [6, 6.07) is 5.86. The van der Waals surface area contributed by atoms with E-state index in [4.69, 9.17) is 17.0 Å². The SMILES string of the molecule is CSCCCNC(=S)NNC(=O)COc1c(C)cccc1C. The number of hydrogen-bond acceptors (Lipinski definition) is 4. The summed E-state index contributed by atoms with van der Waals surface area (Å²) in [6.07, 6.45) is 3.08. The van der Waals surface area contributed by atoms with Crippen LogP contribution in [-0.4, -0.2) is 36.2 Å². The molecule has 1 rings (SSSR count). The Hall–Kier alpha value is -1.47. The number of ether oxygens (including phenoxy) is 1. The van der Waals surface area contributed by atoms with Gasteiger partial charge in [0.05, 0.1) is 0 Å². The van der Waals surface area contributed by atoms with Crippen LogP contribution in [0.25, 0.3) is 0 Å². The van der Waals surface area contributed by atoms with Crippen molar-refractivity contribution in [2.75, 3.05) is 25.2 Å². The number of aryl methyl sites for hydroxylation is 2. The zero-order valence-corrected chi connectivity index (χ0v) is 14.8. The van der Waals surface area contributed by atoms with Crippen molar-refractivity contribution >= 4 is 35.0 Å². The van der Waals surface area contributed by atoms with Gasteiger partial charge >= 0.3 is 0 Å². The average molecular weight is 342 g/mol. The fraction of sp³-hybridized carbons (Fsp3) is 0.467. The van der Waals surface area contributed by atoms with Crippen LogP contribution in [0, 0.1) is 13.8 Å². The zero-order chi connectivity index (χ0) is 16.4. The van der Waals surface area contributed by atoms with Crippen LogP contribution in [-0.2, 0) is 4.79 Å². The quantitative estimate of drug-likeness (QED) is 0.400. The van der Waals surface area contributed by atoms with Crippen LogP contribution in [0.3, 0.4) is 0 Å². The number of thiocarbonyl (C=S) groups is 1. The number of rotatable bonds is 7. The molecule has 0 radical (unpaired) electrons. The van der Waals surface area contributed by atoms with Crippen molar-refractivity contribution in [3.8, 4) is 5.75 Å². The smallest absolute Gasteiger partial charge is 0.276 e. The highest BCUT2D eigenvalue weighted by atomic mass is 32.2. The Bertz CT molecular complexity index is 489. The van der Waals surface area contributed by atoms with E-state index in [0.29, 0.717) is 5.11 Å². The van der Waals surface area contributed by atoms with E-state index >= 15 is 0 Å². The second kappa shape index (κ2) is 10.3. The van der Waals surface area contributed by atoms with Gasteiger partial charge in [-0.15, -0.1) is 0 Å². The fourth-order valence-electron chi connectivity index (χ4n) is 1.79. The predicted molar refractivity (Wildman–Crippen MR) is 96.3 cm³/mol. The Kier molecular flexibility index (Phi) is 8.69. The molecule has 0 saturated heterocycles. The first-order valence-corrected chi connectivity index (χ1v) is 8.85. The Morgan fingerprint density at radius 3 is 2.59 bits per heavy atom. The number of benzene rings is 1. The van der Waals surface area contributed by atoms with Crippen molar-refractivity contribution < 1.29 is 9.53 Å². The fourth-order valence-corrected chi connectivity index (χ4v) is 2.38. The number of carbonyl (C=O) groups excluding carboxylic acids is 1. The molecule has 0 unspecified atom stereocenters. The van der Waals surface area contributed by atoms with Gasteiger partial charge in [0.15, 0.2) is 11.7 Å². The number of amides is 1. The average Bonchev–Trinajstić information content (AvgIpc) is 2.49. The molecule has 0 aliphatic rings. The molecule has 0 fully saturated rings. The van der Waals surface area contributed by atoms with Crippen molar-refractivity contribution in [3.63, 3.8) is 0 Å². The summed E-state index contributed by atoms with van der Waals surface area (Å²) in [5.41, 5.74) is 7.18. The standard InChI is InChI=1S/C15H23N3O2S2/c1-11-6-4-7-12(2)14(11)20-10-13(19)17-18-15(21)16-8-5-9-22-3/h4,6-7H,5,8-10H2,1-3H3,(H,17,19)(H2,16,18,21). The van der Waals surface area contributed by atoms with Gasteiger partial charge in [-0.05, 0) is 55.6 Å². The lowest BCUT2D eigenvalue weighted by Gasteiger charge is -2.13. The maximum absolute atomic E-state index is 11.7. The summed E-state index contributed by atoms with van der Waals surface area (Å²) in [6.45, 7) is 4.62. The van der Waals surface area contributed by atoms with E-state index in [2.05, 4.69) is 22.4 Å². The molecular formula is C15H23N3O2S2. The molecule has 0 spiro atoms. The van der Waals surface area contributed by atoms with E-state index in [1.807, 2.05) is 32.0 Å². The first kappa shape index (κ1) is 18.6. The first-order valence-electron chi connectivity index (χ1n) is 7.05. The molecule has 0 bridgehead atoms. The third-order valence-corrected chi connectivity index (χ3v) is 3.83. The van der Waals surface area contributed by atoms with Crippen molar-refractivity contribution in [2.24, 2.45) is 0 Å². The topological polar surface area (TPSA) is 62.4 Å². The van der Waals surface area contributed by atoms with Crippen LogP contribution in [0.4, 0.5) is 0 Å². The molecule has 0 saturated carbocycles. The third kappa shape index (κ3) is 7.00. The van der Waals surface area contributed by atoms with E-state index < -0.39 is 0 Å². The summed E-state index contributed by atoms with van der Waals surface area (Å²) in [4.78, 5) is 11.7. The highest BCUT2D eigenvalue weighted by Gasteiger charge is 2.07. The number of carbonyl (C=O) groups is 1. The van der Waals surface area contributed by atoms with Gasteiger partial charge in [0.25, 0.3) is 5.91 Å². The maximum Gasteiger partial charge on any atom is 0.276 e. The Morgan fingerprint density at radius 1 is 1.27 bits per heavy atom. The number of hydrogen-bond donors (Lipinski definition) is 3. The van der Waals surface area contributed by atoms with Gasteiger partial charge in [-0.25, -0.2) is 0 Å². The number of para-hydroxylation sites is 1. The Balaban J connectivity index is 2.25. The predicted octanol–water partition coefficient (Wildman–Crippen LogP) is 1.93. The molecule has 0 aromatic heterocycles. The Morgan fingerprint density at radius 2 is 1.95 bits per heavy atom. The van der Waals surface area contributed by atoms with Crippen LogP contribution in [0.1, 0.15) is 17.5 Å². The van der Waals surface area contributed by atoms with Gasteiger partial charge in [-0.2, -0.15) is 11.8 Å². The van der Waals surface area contributed by atoms with Crippen LogP contribution in [0.2, 0.25) is 0 Å². The van der Waals surface area contributed by atoms with Crippen LogP contribution in [0.15, 0.2) is 18.2 Å². The molecule has 1 amide bonds. The molecule has 0 heterocycles. The number of hydrazine groups is 1. The van der Waals surface area contributed by atoms with Crippen LogP contribution in [0.5, 0.6) is 5.75 Å². The highest BCUT2D eigenvalue weighted by molar-refractivity contribution is 7.98. The minimum atomic E-state index is -0.282. The van der Waals surface area contributed by atoms with Crippen LogP contribution < -0.4 is 20.9 Å². The normalized spacial score (nSPS) is 9.95. The second-order valence-electron chi connectivity index (χ2n) is 4.79. The summed E-state index contributed by atoms with van der Waals surface area (Å²) in [5.74, 6) is 1.54. The molecule has 3 N–H and O–H groups in total. The van der Waals surface area contributed by atoms with E-state index in [-0.39, 0.29) is 12.5 Å². The number of nitrogens with one attached hydrogen (secondary N) is 3. The molecule has 7 heteroatoms. The first-order chi connectivity index (χ1) is 10.5. The van der Waals surface area contributed by atoms with Gasteiger partial charge in [0.1, 0.15) is 5.75 Å². The molecule has 122 valence electrons. The van der Waals surface area contributed by atoms with Gasteiger partial charge in [-0.1, -0.05) is 18.2 Å². The van der Waals surface area contributed by atoms with Gasteiger partial charge in [0.2, 0.25) is 0 Å².